The summed E-state index contributed by atoms with van der Waals surface area (Å²) in [5.74, 6) is -1.46. The summed E-state index contributed by atoms with van der Waals surface area (Å²) < 4.78 is 121. The number of anilines is 1. The van der Waals surface area contributed by atoms with Crippen LogP contribution >= 0.6 is 0 Å². The van der Waals surface area contributed by atoms with Gasteiger partial charge in [0.2, 0.25) is 0 Å². The molecule has 2 heterocycles. The van der Waals surface area contributed by atoms with Crippen LogP contribution in [-0.4, -0.2) is 26.8 Å². The summed E-state index contributed by atoms with van der Waals surface area (Å²) in [6.45, 7) is 1.54. The van der Waals surface area contributed by atoms with Crippen molar-refractivity contribution in [2.75, 3.05) is 4.90 Å². The third kappa shape index (κ3) is 6.21. The Morgan fingerprint density at radius 3 is 2.09 bits per heavy atom. The lowest BCUT2D eigenvalue weighted by Gasteiger charge is -2.46. The number of nitriles is 1. The van der Waals surface area contributed by atoms with E-state index in [-0.39, 0.29) is 47.2 Å². The van der Waals surface area contributed by atoms with E-state index in [2.05, 4.69) is 9.97 Å². The first-order valence-corrected chi connectivity index (χ1v) is 12.4. The third-order valence-corrected chi connectivity index (χ3v) is 7.12. The lowest BCUT2D eigenvalue weighted by molar-refractivity contribution is -0.143. The Morgan fingerprint density at radius 1 is 1.02 bits per heavy atom. The van der Waals surface area contributed by atoms with Gasteiger partial charge in [0.05, 0.1) is 33.6 Å². The van der Waals surface area contributed by atoms with Gasteiger partial charge in [-0.05, 0) is 60.4 Å². The molecule has 2 aromatic carbocycles. The molecule has 16 heteroatoms. The number of halogens is 9. The molecule has 0 saturated carbocycles. The number of nitrogens with two attached hydrogens (primary N) is 1. The van der Waals surface area contributed by atoms with E-state index in [0.29, 0.717) is 24.3 Å². The van der Waals surface area contributed by atoms with Crippen LogP contribution in [0.3, 0.4) is 0 Å². The van der Waals surface area contributed by atoms with Gasteiger partial charge in [0.15, 0.2) is 0 Å². The van der Waals surface area contributed by atoms with Crippen molar-refractivity contribution >= 4 is 11.8 Å². The van der Waals surface area contributed by atoms with Crippen molar-refractivity contribution in [1.29, 1.82) is 5.26 Å². The lowest BCUT2D eigenvalue weighted by Crippen LogP contribution is -2.61. The molecular weight excluding hydrogens is 597 g/mol. The van der Waals surface area contributed by atoms with E-state index in [0.717, 1.165) is 17.2 Å². The highest BCUT2D eigenvalue weighted by atomic mass is 19.4. The molecular formula is C27H20F9N5O2. The molecule has 43 heavy (non-hydrogen) atoms. The third-order valence-electron chi connectivity index (χ3n) is 7.12. The fourth-order valence-corrected chi connectivity index (χ4v) is 4.98. The molecule has 3 aromatic rings. The molecule has 0 unspecified atom stereocenters. The van der Waals surface area contributed by atoms with E-state index in [1.807, 2.05) is 0 Å². The van der Waals surface area contributed by atoms with Crippen LogP contribution in [0.15, 0.2) is 42.6 Å². The molecule has 1 aliphatic rings. The molecule has 1 aliphatic heterocycles. The van der Waals surface area contributed by atoms with E-state index in [1.54, 1.807) is 13.0 Å². The van der Waals surface area contributed by atoms with Crippen molar-refractivity contribution in [2.24, 2.45) is 5.73 Å². The average Bonchev–Trinajstić information content (AvgIpc) is 2.90. The van der Waals surface area contributed by atoms with Gasteiger partial charge < -0.3 is 10.8 Å². The Balaban J connectivity index is 1.90. The summed E-state index contributed by atoms with van der Waals surface area (Å²) in [7, 11) is 0. The smallest absolute Gasteiger partial charge is 0.416 e. The minimum absolute atomic E-state index is 0.0101. The largest absolute Gasteiger partial charge is 0.465 e. The van der Waals surface area contributed by atoms with Gasteiger partial charge >= 0.3 is 24.6 Å². The van der Waals surface area contributed by atoms with Crippen LogP contribution < -0.4 is 10.6 Å². The van der Waals surface area contributed by atoms with E-state index in [9.17, 15) is 54.7 Å². The first kappa shape index (κ1) is 31.5. The van der Waals surface area contributed by atoms with Gasteiger partial charge in [0.1, 0.15) is 17.6 Å². The number of hydrogen-bond donors (Lipinski definition) is 2. The number of nitrogens with zero attached hydrogens (tertiary/aromatic N) is 4. The van der Waals surface area contributed by atoms with Crippen LogP contribution in [0.4, 0.5) is 50.0 Å². The Kier molecular flexibility index (Phi) is 7.86. The topological polar surface area (TPSA) is 116 Å². The quantitative estimate of drug-likeness (QED) is 0.303. The van der Waals surface area contributed by atoms with Gasteiger partial charge in [-0.25, -0.2) is 14.8 Å². The summed E-state index contributed by atoms with van der Waals surface area (Å²) in [5.41, 5.74) is -1.03. The second-order valence-electron chi connectivity index (χ2n) is 9.89. The minimum atomic E-state index is -5.13. The fourth-order valence-electron chi connectivity index (χ4n) is 4.98. The zero-order chi connectivity index (χ0) is 32.1. The molecule has 0 saturated heterocycles. The Morgan fingerprint density at radius 2 is 1.60 bits per heavy atom. The standard InChI is InChI=1S/C27H20F9N5O2/c1-2-24(38)10-19(18-9-15(25(28,29)30)3-4-21(18)41(24)23(42)43)22-39-12-14(11-37)20(40-22)7-13-5-16(26(31,32)33)8-17(6-13)27(34,35)36/h3-6,8-9,12,19H,2,7,10,38H2,1H3,(H,42,43)/t19-,24+/m0/s1. The highest BCUT2D eigenvalue weighted by Crippen LogP contribution is 2.47. The van der Waals surface area contributed by atoms with E-state index in [4.69, 9.17) is 5.73 Å². The summed E-state index contributed by atoms with van der Waals surface area (Å²) in [6, 6.07) is 4.89. The van der Waals surface area contributed by atoms with Crippen LogP contribution in [0.1, 0.15) is 70.6 Å². The Bertz CT molecular complexity index is 1580. The van der Waals surface area contributed by atoms with Crippen LogP contribution in [0.25, 0.3) is 0 Å². The first-order valence-electron chi connectivity index (χ1n) is 12.4. The van der Waals surface area contributed by atoms with Gasteiger partial charge in [-0.3, -0.25) is 4.90 Å². The maximum Gasteiger partial charge on any atom is 0.416 e. The number of alkyl halides is 9. The van der Waals surface area contributed by atoms with Crippen molar-refractivity contribution < 1.29 is 49.4 Å². The second kappa shape index (κ2) is 10.7. The molecule has 2 atom stereocenters. The van der Waals surface area contributed by atoms with Gasteiger partial charge in [0.25, 0.3) is 0 Å². The molecule has 0 aliphatic carbocycles. The number of aromatic nitrogens is 2. The zero-order valence-electron chi connectivity index (χ0n) is 21.9. The molecule has 7 nitrogen and oxygen atoms in total. The van der Waals surface area contributed by atoms with Gasteiger partial charge in [0, 0.05) is 18.5 Å². The Labute approximate surface area is 237 Å². The van der Waals surface area contributed by atoms with Gasteiger partial charge in [-0.15, -0.1) is 0 Å². The molecule has 228 valence electrons. The Hall–Kier alpha value is -4.39. The molecule has 4 rings (SSSR count). The van der Waals surface area contributed by atoms with Crippen molar-refractivity contribution in [3.05, 3.63) is 87.5 Å². The minimum Gasteiger partial charge on any atom is -0.465 e. The lowest BCUT2D eigenvalue weighted by atomic mass is 9.80. The number of fused-ring (bicyclic) bond motifs is 1. The van der Waals surface area contributed by atoms with Crippen LogP contribution in [0.2, 0.25) is 0 Å². The van der Waals surface area contributed by atoms with Crippen molar-refractivity contribution in [3.8, 4) is 6.07 Å². The van der Waals surface area contributed by atoms with Crippen LogP contribution in [0, 0.1) is 11.3 Å². The van der Waals surface area contributed by atoms with Crippen LogP contribution in [0.5, 0.6) is 0 Å². The molecule has 0 fully saturated rings. The van der Waals surface area contributed by atoms with E-state index >= 15 is 0 Å². The van der Waals surface area contributed by atoms with Crippen LogP contribution in [-0.2, 0) is 24.9 Å². The SMILES string of the molecule is CC[C@]1(N)C[C@H](c2ncc(C#N)c(Cc3cc(C(F)(F)F)cc(C(F)(F)F)c3)n2)c2cc(C(F)(F)F)ccc2N1C(=O)O. The first-order chi connectivity index (χ1) is 19.8. The highest BCUT2D eigenvalue weighted by molar-refractivity contribution is 5.90. The number of benzene rings is 2. The number of hydrogen-bond acceptors (Lipinski definition) is 5. The molecule has 1 amide bonds. The number of rotatable bonds is 4. The maximum atomic E-state index is 13.6. The summed E-state index contributed by atoms with van der Waals surface area (Å²) in [6.07, 6.45) is -16.7. The summed E-state index contributed by atoms with van der Waals surface area (Å²) in [5, 5.41) is 19.4. The van der Waals surface area contributed by atoms with Crippen molar-refractivity contribution in [1.82, 2.24) is 9.97 Å². The van der Waals surface area contributed by atoms with Crippen molar-refractivity contribution in [3.63, 3.8) is 0 Å². The fraction of sp³-hybridized carbons (Fsp3) is 0.333. The second-order valence-corrected chi connectivity index (χ2v) is 9.89. The maximum absolute atomic E-state index is 13.6. The highest BCUT2D eigenvalue weighted by Gasteiger charge is 2.47. The normalized spacial score (nSPS) is 19.1. The molecule has 0 spiro atoms. The molecule has 1 aromatic heterocycles. The monoisotopic (exact) mass is 617 g/mol. The van der Waals surface area contributed by atoms with Crippen molar-refractivity contribution in [2.45, 2.75) is 56.3 Å². The predicted molar refractivity (Wildman–Crippen MR) is 132 cm³/mol. The van der Waals surface area contributed by atoms with E-state index < -0.39 is 64.9 Å². The summed E-state index contributed by atoms with van der Waals surface area (Å²) in [4.78, 5) is 21.1. The molecule has 0 radical (unpaired) electrons. The summed E-state index contributed by atoms with van der Waals surface area (Å²) >= 11 is 0. The van der Waals surface area contributed by atoms with E-state index in [1.165, 1.54) is 0 Å². The number of carboxylic acid groups (broad SMARTS) is 1. The zero-order valence-corrected chi connectivity index (χ0v) is 21.9. The van der Waals surface area contributed by atoms with Gasteiger partial charge in [-0.2, -0.15) is 44.8 Å². The number of carbonyl (C=O) groups is 1. The molecule has 3 N–H and O–H groups in total. The molecule has 0 bridgehead atoms. The average molecular weight is 617 g/mol. The predicted octanol–water partition coefficient (Wildman–Crippen LogP) is 7.08. The van der Waals surface area contributed by atoms with Gasteiger partial charge in [-0.1, -0.05) is 6.92 Å². The number of amides is 1.